The summed E-state index contributed by atoms with van der Waals surface area (Å²) in [4.78, 5) is 0. The molecule has 2 heteroatoms. The summed E-state index contributed by atoms with van der Waals surface area (Å²) in [5.74, 6) is 1.34. The number of phenolic OH excluding ortho intramolecular Hbond substituents is 1. The maximum Gasteiger partial charge on any atom is 0.160 e. The van der Waals surface area contributed by atoms with Crippen molar-refractivity contribution >= 4 is 0 Å². The Balaban J connectivity index is 2.70. The van der Waals surface area contributed by atoms with E-state index in [9.17, 15) is 5.11 Å². The summed E-state index contributed by atoms with van der Waals surface area (Å²) < 4.78 is 5.25. The molecule has 1 aliphatic rings. The topological polar surface area (TPSA) is 29.5 Å². The summed E-state index contributed by atoms with van der Waals surface area (Å²) in [6.07, 6.45) is 1.11. The summed E-state index contributed by atoms with van der Waals surface area (Å²) in [5, 5.41) is 10.0. The number of methoxy groups -OCH3 is 1. The Labute approximate surface area is 110 Å². The first kappa shape index (κ1) is 13.3. The van der Waals surface area contributed by atoms with E-state index in [-0.39, 0.29) is 16.6 Å². The minimum absolute atomic E-state index is 0.0623. The van der Waals surface area contributed by atoms with Gasteiger partial charge in [-0.05, 0) is 46.4 Å². The van der Waals surface area contributed by atoms with Crippen molar-refractivity contribution in [1.82, 2.24) is 0 Å². The Morgan fingerprint density at radius 1 is 1.22 bits per heavy atom. The van der Waals surface area contributed by atoms with Gasteiger partial charge in [0, 0.05) is 0 Å². The van der Waals surface area contributed by atoms with E-state index in [4.69, 9.17) is 4.74 Å². The van der Waals surface area contributed by atoms with Crippen LogP contribution in [0.15, 0.2) is 12.1 Å². The number of phenols is 1. The van der Waals surface area contributed by atoms with Crippen molar-refractivity contribution < 1.29 is 9.84 Å². The summed E-state index contributed by atoms with van der Waals surface area (Å²) in [5.41, 5.74) is 2.84. The van der Waals surface area contributed by atoms with Crippen LogP contribution in [0.4, 0.5) is 0 Å². The highest BCUT2D eigenvalue weighted by molar-refractivity contribution is 5.54. The molecule has 1 aromatic carbocycles. The molecule has 0 bridgehead atoms. The Morgan fingerprint density at radius 3 is 2.33 bits per heavy atom. The van der Waals surface area contributed by atoms with Crippen LogP contribution in [0.1, 0.15) is 58.1 Å². The molecule has 1 aliphatic carbocycles. The van der Waals surface area contributed by atoms with Gasteiger partial charge in [0.1, 0.15) is 0 Å². The summed E-state index contributed by atoms with van der Waals surface area (Å²) in [7, 11) is 1.60. The molecule has 0 heterocycles. The quantitative estimate of drug-likeness (QED) is 0.849. The molecule has 0 saturated heterocycles. The Bertz CT molecular complexity index is 472. The first-order chi connectivity index (χ1) is 8.27. The van der Waals surface area contributed by atoms with Gasteiger partial charge in [-0.1, -0.05) is 34.6 Å². The smallest absolute Gasteiger partial charge is 0.160 e. The highest BCUT2D eigenvalue weighted by Gasteiger charge is 2.51. The van der Waals surface area contributed by atoms with Crippen LogP contribution >= 0.6 is 0 Å². The zero-order valence-corrected chi connectivity index (χ0v) is 12.3. The molecule has 100 valence electrons. The molecule has 0 radical (unpaired) electrons. The SMILES string of the molecule is CC[C@H]1c2cc(OC)c(O)cc2C(C)(C)C1(C)C. The Kier molecular flexibility index (Phi) is 2.88. The highest BCUT2D eigenvalue weighted by atomic mass is 16.5. The first-order valence-electron chi connectivity index (χ1n) is 6.68. The number of hydrogen-bond acceptors (Lipinski definition) is 2. The largest absolute Gasteiger partial charge is 0.504 e. The fourth-order valence-corrected chi connectivity index (χ4v) is 3.48. The van der Waals surface area contributed by atoms with Crippen molar-refractivity contribution in [2.45, 2.75) is 52.4 Å². The van der Waals surface area contributed by atoms with E-state index in [2.05, 4.69) is 34.6 Å². The van der Waals surface area contributed by atoms with E-state index >= 15 is 0 Å². The van der Waals surface area contributed by atoms with Crippen LogP contribution in [0.2, 0.25) is 0 Å². The van der Waals surface area contributed by atoms with Gasteiger partial charge < -0.3 is 9.84 Å². The van der Waals surface area contributed by atoms with Gasteiger partial charge in [-0.2, -0.15) is 0 Å². The second kappa shape index (κ2) is 3.91. The van der Waals surface area contributed by atoms with Crippen molar-refractivity contribution in [1.29, 1.82) is 0 Å². The molecule has 0 aliphatic heterocycles. The average Bonchev–Trinajstić information content (AvgIpc) is 2.43. The maximum absolute atomic E-state index is 10.0. The number of rotatable bonds is 2. The average molecular weight is 248 g/mol. The molecular weight excluding hydrogens is 224 g/mol. The van der Waals surface area contributed by atoms with E-state index < -0.39 is 0 Å². The fraction of sp³-hybridized carbons (Fsp3) is 0.625. The van der Waals surface area contributed by atoms with Gasteiger partial charge in [0.15, 0.2) is 11.5 Å². The van der Waals surface area contributed by atoms with Gasteiger partial charge in [-0.15, -0.1) is 0 Å². The van der Waals surface area contributed by atoms with E-state index in [1.54, 1.807) is 7.11 Å². The molecule has 2 rings (SSSR count). The van der Waals surface area contributed by atoms with Gasteiger partial charge in [0.25, 0.3) is 0 Å². The minimum Gasteiger partial charge on any atom is -0.504 e. The lowest BCUT2D eigenvalue weighted by molar-refractivity contribution is 0.178. The van der Waals surface area contributed by atoms with Crippen LogP contribution in [0, 0.1) is 5.41 Å². The summed E-state index contributed by atoms with van der Waals surface area (Å²) in [6.45, 7) is 11.4. The monoisotopic (exact) mass is 248 g/mol. The molecule has 0 fully saturated rings. The number of ether oxygens (including phenoxy) is 1. The zero-order chi connectivity index (χ0) is 13.7. The number of hydrogen-bond donors (Lipinski definition) is 1. The van der Waals surface area contributed by atoms with Crippen molar-refractivity contribution in [3.8, 4) is 11.5 Å². The maximum atomic E-state index is 10.0. The molecule has 1 aromatic rings. The predicted octanol–water partition coefficient (Wildman–Crippen LogP) is 4.21. The van der Waals surface area contributed by atoms with Crippen LogP contribution in [-0.4, -0.2) is 12.2 Å². The molecule has 0 saturated carbocycles. The Morgan fingerprint density at radius 2 is 1.83 bits per heavy atom. The van der Waals surface area contributed by atoms with Crippen molar-refractivity contribution in [3.05, 3.63) is 23.3 Å². The second-order valence-corrected chi connectivity index (χ2v) is 6.42. The third-order valence-electron chi connectivity index (χ3n) is 5.29. The molecule has 1 atom stereocenters. The minimum atomic E-state index is 0.0623. The normalized spacial score (nSPS) is 23.8. The summed E-state index contributed by atoms with van der Waals surface area (Å²) >= 11 is 0. The van der Waals surface area contributed by atoms with Crippen LogP contribution < -0.4 is 4.74 Å². The van der Waals surface area contributed by atoms with E-state index in [1.807, 2.05) is 12.1 Å². The molecule has 0 spiro atoms. The lowest BCUT2D eigenvalue weighted by atomic mass is 9.64. The van der Waals surface area contributed by atoms with E-state index in [0.29, 0.717) is 11.7 Å². The lowest BCUT2D eigenvalue weighted by Gasteiger charge is -2.39. The van der Waals surface area contributed by atoms with Gasteiger partial charge in [-0.25, -0.2) is 0 Å². The number of aromatic hydroxyl groups is 1. The molecular formula is C16H24O2. The molecule has 0 amide bonds. The van der Waals surface area contributed by atoms with E-state index in [0.717, 1.165) is 6.42 Å². The molecule has 2 nitrogen and oxygen atoms in total. The van der Waals surface area contributed by atoms with Crippen LogP contribution in [0.5, 0.6) is 11.5 Å². The molecule has 0 aromatic heterocycles. The van der Waals surface area contributed by atoms with Gasteiger partial charge in [-0.3, -0.25) is 0 Å². The first-order valence-corrected chi connectivity index (χ1v) is 6.68. The molecule has 18 heavy (non-hydrogen) atoms. The lowest BCUT2D eigenvalue weighted by Crippen LogP contribution is -2.34. The highest BCUT2D eigenvalue weighted by Crippen LogP contribution is 2.60. The van der Waals surface area contributed by atoms with Crippen LogP contribution in [-0.2, 0) is 5.41 Å². The Hall–Kier alpha value is -1.18. The van der Waals surface area contributed by atoms with E-state index in [1.165, 1.54) is 11.1 Å². The van der Waals surface area contributed by atoms with Crippen LogP contribution in [0.25, 0.3) is 0 Å². The second-order valence-electron chi connectivity index (χ2n) is 6.42. The van der Waals surface area contributed by atoms with Crippen LogP contribution in [0.3, 0.4) is 0 Å². The number of fused-ring (bicyclic) bond motifs is 1. The van der Waals surface area contributed by atoms with Gasteiger partial charge in [0.05, 0.1) is 7.11 Å². The van der Waals surface area contributed by atoms with Gasteiger partial charge in [0.2, 0.25) is 0 Å². The standard InChI is InChI=1S/C16H24O2/c1-7-11-10-8-14(18-6)13(17)9-12(10)16(4,5)15(11,2)3/h8-9,11,17H,7H2,1-6H3/t11-/m0/s1. The van der Waals surface area contributed by atoms with Gasteiger partial charge >= 0.3 is 0 Å². The molecule has 1 N–H and O–H groups in total. The number of benzene rings is 1. The predicted molar refractivity (Wildman–Crippen MR) is 74.5 cm³/mol. The fourth-order valence-electron chi connectivity index (χ4n) is 3.48. The van der Waals surface area contributed by atoms with Crippen molar-refractivity contribution in [2.75, 3.05) is 7.11 Å². The van der Waals surface area contributed by atoms with Crippen molar-refractivity contribution in [3.63, 3.8) is 0 Å². The molecule has 0 unspecified atom stereocenters. The van der Waals surface area contributed by atoms with Crippen molar-refractivity contribution in [2.24, 2.45) is 5.41 Å². The third kappa shape index (κ3) is 1.47. The zero-order valence-electron chi connectivity index (χ0n) is 12.3. The third-order valence-corrected chi connectivity index (χ3v) is 5.29. The summed E-state index contributed by atoms with van der Waals surface area (Å²) in [6, 6.07) is 3.92.